The van der Waals surface area contributed by atoms with Gasteiger partial charge in [-0.15, -0.1) is 6.58 Å². The summed E-state index contributed by atoms with van der Waals surface area (Å²) < 4.78 is 0. The minimum absolute atomic E-state index is 0.148. The predicted octanol–water partition coefficient (Wildman–Crippen LogP) is 3.54. The maximum Gasteiger partial charge on any atom is 0.160 e. The smallest absolute Gasteiger partial charge is 0.160 e. The number of benzene rings is 1. The van der Waals surface area contributed by atoms with Gasteiger partial charge in [0.1, 0.15) is 0 Å². The molecular formula is C14H18O. The predicted molar refractivity (Wildman–Crippen MR) is 64.6 cm³/mol. The minimum atomic E-state index is 0.148. The van der Waals surface area contributed by atoms with Crippen LogP contribution in [0.15, 0.2) is 18.7 Å². The number of aryl methyl sites for hydroxylation is 2. The Hall–Kier alpha value is -1.37. The number of rotatable bonds is 3. The lowest BCUT2D eigenvalue weighted by Gasteiger charge is -2.14. The van der Waals surface area contributed by atoms with Crippen molar-refractivity contribution in [2.24, 2.45) is 0 Å². The summed E-state index contributed by atoms with van der Waals surface area (Å²) in [5.41, 5.74) is 5.54. The monoisotopic (exact) mass is 202 g/mol. The molecule has 1 heteroatoms. The molecule has 0 N–H and O–H groups in total. The molecule has 0 aromatic heterocycles. The first-order valence-corrected chi connectivity index (χ1v) is 5.20. The zero-order valence-electron chi connectivity index (χ0n) is 9.98. The molecule has 0 aliphatic carbocycles. The summed E-state index contributed by atoms with van der Waals surface area (Å²) >= 11 is 0. The van der Waals surface area contributed by atoms with E-state index >= 15 is 0 Å². The molecule has 0 bridgehead atoms. The average Bonchev–Trinajstić information content (AvgIpc) is 2.11. The zero-order valence-corrected chi connectivity index (χ0v) is 9.98. The number of hydrogen-bond acceptors (Lipinski definition) is 1. The molecule has 0 saturated heterocycles. The van der Waals surface area contributed by atoms with E-state index in [1.807, 2.05) is 19.9 Å². The van der Waals surface area contributed by atoms with E-state index in [1.165, 1.54) is 11.1 Å². The van der Waals surface area contributed by atoms with Gasteiger partial charge in [-0.2, -0.15) is 0 Å². The highest BCUT2D eigenvalue weighted by atomic mass is 16.1. The van der Waals surface area contributed by atoms with Crippen molar-refractivity contribution in [2.75, 3.05) is 0 Å². The second kappa shape index (κ2) is 4.43. The van der Waals surface area contributed by atoms with Crippen molar-refractivity contribution >= 4 is 5.78 Å². The number of carbonyl (C=O) groups excluding carboxylic acids is 1. The van der Waals surface area contributed by atoms with Crippen LogP contribution in [0.2, 0.25) is 0 Å². The summed E-state index contributed by atoms with van der Waals surface area (Å²) in [4.78, 5) is 11.5. The van der Waals surface area contributed by atoms with Crippen LogP contribution >= 0.6 is 0 Å². The van der Waals surface area contributed by atoms with Gasteiger partial charge in [0, 0.05) is 5.56 Å². The van der Waals surface area contributed by atoms with Gasteiger partial charge in [0.25, 0.3) is 0 Å². The zero-order chi connectivity index (χ0) is 11.6. The van der Waals surface area contributed by atoms with Crippen LogP contribution in [0.4, 0.5) is 0 Å². The fraction of sp³-hybridized carbons (Fsp3) is 0.357. The summed E-state index contributed by atoms with van der Waals surface area (Å²) in [7, 11) is 0. The molecule has 1 aromatic carbocycles. The third-order valence-corrected chi connectivity index (χ3v) is 2.83. The lowest BCUT2D eigenvalue weighted by atomic mass is 9.90. The second-order valence-electron chi connectivity index (χ2n) is 4.04. The van der Waals surface area contributed by atoms with E-state index in [1.54, 1.807) is 6.92 Å². The Morgan fingerprint density at radius 3 is 2.40 bits per heavy atom. The van der Waals surface area contributed by atoms with Crippen molar-refractivity contribution in [1.29, 1.82) is 0 Å². The summed E-state index contributed by atoms with van der Waals surface area (Å²) in [6.45, 7) is 11.5. The van der Waals surface area contributed by atoms with Crippen molar-refractivity contribution in [3.63, 3.8) is 0 Å². The molecule has 1 aromatic rings. The van der Waals surface area contributed by atoms with Crippen LogP contribution in [0.3, 0.4) is 0 Å². The van der Waals surface area contributed by atoms with Gasteiger partial charge in [0.2, 0.25) is 0 Å². The van der Waals surface area contributed by atoms with Gasteiger partial charge in [0.15, 0.2) is 5.78 Å². The van der Waals surface area contributed by atoms with E-state index in [0.29, 0.717) is 0 Å². The largest absolute Gasteiger partial charge is 0.294 e. The van der Waals surface area contributed by atoms with E-state index in [4.69, 9.17) is 0 Å². The summed E-state index contributed by atoms with van der Waals surface area (Å²) in [6.07, 6.45) is 2.72. The standard InChI is InChI=1S/C14H18O/c1-6-7-13-9(2)8-10(3)14(11(13)4)12(5)15/h6,8H,1,7H2,2-5H3. The molecule has 1 rings (SSSR count). The molecule has 0 atom stereocenters. The minimum Gasteiger partial charge on any atom is -0.294 e. The topological polar surface area (TPSA) is 17.1 Å². The number of carbonyl (C=O) groups is 1. The molecule has 80 valence electrons. The van der Waals surface area contributed by atoms with Crippen LogP contribution in [0.1, 0.15) is 39.5 Å². The van der Waals surface area contributed by atoms with Crippen LogP contribution in [0, 0.1) is 20.8 Å². The normalized spacial score (nSPS) is 10.1. The highest BCUT2D eigenvalue weighted by Crippen LogP contribution is 2.23. The van der Waals surface area contributed by atoms with Crippen LogP contribution in [0.25, 0.3) is 0 Å². The SMILES string of the molecule is C=CCc1c(C)cc(C)c(C(C)=O)c1C. The van der Waals surface area contributed by atoms with Crippen LogP contribution in [-0.4, -0.2) is 5.78 Å². The Bertz CT molecular complexity index is 414. The molecule has 0 unspecified atom stereocenters. The molecule has 0 spiro atoms. The average molecular weight is 202 g/mol. The lowest BCUT2D eigenvalue weighted by molar-refractivity contribution is 0.101. The van der Waals surface area contributed by atoms with Gasteiger partial charge in [0.05, 0.1) is 0 Å². The third kappa shape index (κ3) is 2.17. The van der Waals surface area contributed by atoms with E-state index in [9.17, 15) is 4.79 Å². The van der Waals surface area contributed by atoms with Gasteiger partial charge in [-0.05, 0) is 56.4 Å². The Balaban J connectivity index is 3.48. The Kier molecular flexibility index (Phi) is 3.46. The molecule has 0 amide bonds. The van der Waals surface area contributed by atoms with Crippen molar-refractivity contribution in [3.8, 4) is 0 Å². The summed E-state index contributed by atoms with van der Waals surface area (Å²) in [5, 5.41) is 0. The molecule has 0 fully saturated rings. The van der Waals surface area contributed by atoms with Gasteiger partial charge in [-0.1, -0.05) is 12.1 Å². The summed E-state index contributed by atoms with van der Waals surface area (Å²) in [6, 6.07) is 2.09. The van der Waals surface area contributed by atoms with E-state index in [0.717, 1.165) is 23.1 Å². The molecule has 15 heavy (non-hydrogen) atoms. The highest BCUT2D eigenvalue weighted by molar-refractivity contribution is 5.97. The van der Waals surface area contributed by atoms with Gasteiger partial charge in [-0.25, -0.2) is 0 Å². The van der Waals surface area contributed by atoms with Crippen LogP contribution < -0.4 is 0 Å². The van der Waals surface area contributed by atoms with Crippen LogP contribution in [-0.2, 0) is 6.42 Å². The Morgan fingerprint density at radius 1 is 1.33 bits per heavy atom. The Labute approximate surface area is 91.8 Å². The molecule has 0 aliphatic heterocycles. The van der Waals surface area contributed by atoms with Crippen molar-refractivity contribution in [2.45, 2.75) is 34.1 Å². The first-order valence-electron chi connectivity index (χ1n) is 5.20. The van der Waals surface area contributed by atoms with Gasteiger partial charge in [-0.3, -0.25) is 4.79 Å². The first kappa shape index (κ1) is 11.7. The maximum absolute atomic E-state index is 11.5. The highest BCUT2D eigenvalue weighted by Gasteiger charge is 2.12. The molecule has 0 saturated carbocycles. The van der Waals surface area contributed by atoms with E-state index in [2.05, 4.69) is 19.6 Å². The number of allylic oxidation sites excluding steroid dienone is 1. The maximum atomic E-state index is 11.5. The van der Waals surface area contributed by atoms with Crippen molar-refractivity contribution in [1.82, 2.24) is 0 Å². The molecule has 1 nitrogen and oxygen atoms in total. The fourth-order valence-electron chi connectivity index (χ4n) is 2.23. The lowest BCUT2D eigenvalue weighted by Crippen LogP contribution is -2.05. The van der Waals surface area contributed by atoms with Crippen molar-refractivity contribution in [3.05, 3.63) is 46.5 Å². The number of hydrogen-bond donors (Lipinski definition) is 0. The van der Waals surface area contributed by atoms with Gasteiger partial charge >= 0.3 is 0 Å². The number of Topliss-reactive ketones (excluding diaryl/α,β-unsaturated/α-hetero) is 1. The van der Waals surface area contributed by atoms with Gasteiger partial charge < -0.3 is 0 Å². The molecular weight excluding hydrogens is 184 g/mol. The van der Waals surface area contributed by atoms with Crippen LogP contribution in [0.5, 0.6) is 0 Å². The molecule has 0 aliphatic rings. The third-order valence-electron chi connectivity index (χ3n) is 2.83. The Morgan fingerprint density at radius 2 is 1.93 bits per heavy atom. The summed E-state index contributed by atoms with van der Waals surface area (Å²) in [5.74, 6) is 0.148. The molecule has 0 radical (unpaired) electrons. The molecule has 0 heterocycles. The van der Waals surface area contributed by atoms with E-state index in [-0.39, 0.29) is 5.78 Å². The fourth-order valence-corrected chi connectivity index (χ4v) is 2.23. The van der Waals surface area contributed by atoms with Crippen molar-refractivity contribution < 1.29 is 4.79 Å². The van der Waals surface area contributed by atoms with E-state index < -0.39 is 0 Å². The number of ketones is 1. The quantitative estimate of drug-likeness (QED) is 0.541. The first-order chi connectivity index (χ1) is 6.99. The second-order valence-corrected chi connectivity index (χ2v) is 4.04.